The summed E-state index contributed by atoms with van der Waals surface area (Å²) in [7, 11) is 1.06. The zero-order valence-electron chi connectivity index (χ0n) is 11.1. The second-order valence-corrected chi connectivity index (χ2v) is 7.76. The molecule has 3 nitrogen and oxygen atoms in total. The number of hydrogen-bond acceptors (Lipinski definition) is 3. The van der Waals surface area contributed by atoms with Crippen molar-refractivity contribution in [3.63, 3.8) is 0 Å². The molecule has 96 valence electrons. The predicted molar refractivity (Wildman–Crippen MR) is 67.4 cm³/mol. The van der Waals surface area contributed by atoms with Gasteiger partial charge in [-0.3, -0.25) is 0 Å². The molecule has 1 rings (SSSR count). The summed E-state index contributed by atoms with van der Waals surface area (Å²) in [5.74, 6) is 0. The maximum atomic E-state index is 6.12. The highest BCUT2D eigenvalue weighted by atomic mass is 28.4. The van der Waals surface area contributed by atoms with Gasteiger partial charge >= 0.3 is 8.80 Å². The third-order valence-corrected chi connectivity index (χ3v) is 7.06. The lowest BCUT2D eigenvalue weighted by Gasteiger charge is -2.37. The molecule has 4 heteroatoms. The van der Waals surface area contributed by atoms with Crippen LogP contribution in [-0.2, 0) is 13.3 Å². The molecule has 0 N–H and O–H groups in total. The van der Waals surface area contributed by atoms with E-state index in [1.807, 2.05) is 0 Å². The smallest absolute Gasteiger partial charge is 0.377 e. The Labute approximate surface area is 101 Å². The monoisotopic (exact) mass is 246 g/mol. The van der Waals surface area contributed by atoms with Gasteiger partial charge in [0.1, 0.15) is 0 Å². The summed E-state index contributed by atoms with van der Waals surface area (Å²) in [6.45, 7) is 4.23. The lowest BCUT2D eigenvalue weighted by Crippen LogP contribution is -2.51. The zero-order valence-corrected chi connectivity index (χ0v) is 12.1. The Morgan fingerprint density at radius 1 is 1.12 bits per heavy atom. The molecule has 1 atom stereocenters. The summed E-state index contributed by atoms with van der Waals surface area (Å²) in [5, 5.41) is 0. The van der Waals surface area contributed by atoms with E-state index < -0.39 is 8.80 Å². The van der Waals surface area contributed by atoms with Gasteiger partial charge in [0.2, 0.25) is 0 Å². The van der Waals surface area contributed by atoms with Gasteiger partial charge in [0, 0.05) is 25.9 Å². The molecule has 0 amide bonds. The summed E-state index contributed by atoms with van der Waals surface area (Å²) in [5.41, 5.74) is 0.505. The maximum absolute atomic E-state index is 6.12. The van der Waals surface area contributed by atoms with Crippen molar-refractivity contribution in [3.8, 4) is 0 Å². The normalized spacial score (nSPS) is 21.0. The van der Waals surface area contributed by atoms with Crippen LogP contribution >= 0.6 is 0 Å². The van der Waals surface area contributed by atoms with Gasteiger partial charge in [0.05, 0.1) is 0 Å². The molecular weight excluding hydrogens is 220 g/mol. The first-order valence-electron chi connectivity index (χ1n) is 6.46. The fourth-order valence-electron chi connectivity index (χ4n) is 2.43. The quantitative estimate of drug-likeness (QED) is 0.673. The van der Waals surface area contributed by atoms with Crippen molar-refractivity contribution < 1.29 is 13.3 Å². The van der Waals surface area contributed by atoms with Crippen LogP contribution in [0, 0.1) is 0 Å². The van der Waals surface area contributed by atoms with E-state index in [1.165, 1.54) is 32.1 Å². The molecule has 1 unspecified atom stereocenters. The van der Waals surface area contributed by atoms with Gasteiger partial charge in [-0.1, -0.05) is 26.2 Å². The van der Waals surface area contributed by atoms with Gasteiger partial charge < -0.3 is 13.3 Å². The summed E-state index contributed by atoms with van der Waals surface area (Å²) in [6, 6.07) is 0. The lowest BCUT2D eigenvalue weighted by molar-refractivity contribution is 0.0474. The zero-order chi connectivity index (χ0) is 12.0. The minimum Gasteiger partial charge on any atom is -0.377 e. The van der Waals surface area contributed by atoms with Crippen molar-refractivity contribution in [1.29, 1.82) is 0 Å². The second-order valence-electron chi connectivity index (χ2n) is 4.68. The van der Waals surface area contributed by atoms with E-state index in [0.29, 0.717) is 5.54 Å². The molecule has 0 aromatic rings. The van der Waals surface area contributed by atoms with Crippen molar-refractivity contribution >= 4 is 8.80 Å². The van der Waals surface area contributed by atoms with E-state index in [0.717, 1.165) is 6.42 Å². The molecule has 1 aliphatic rings. The Morgan fingerprint density at radius 3 is 2.12 bits per heavy atom. The molecule has 1 saturated carbocycles. The van der Waals surface area contributed by atoms with E-state index in [9.17, 15) is 0 Å². The molecule has 1 aliphatic carbocycles. The Kier molecular flexibility index (Phi) is 5.96. The van der Waals surface area contributed by atoms with Crippen LogP contribution in [0.15, 0.2) is 0 Å². The third kappa shape index (κ3) is 3.29. The van der Waals surface area contributed by atoms with Gasteiger partial charge in [0.25, 0.3) is 0 Å². The van der Waals surface area contributed by atoms with Crippen LogP contribution < -0.4 is 0 Å². The van der Waals surface area contributed by atoms with E-state index in [-0.39, 0.29) is 6.10 Å². The molecule has 0 spiro atoms. The number of rotatable bonds is 6. The van der Waals surface area contributed by atoms with E-state index in [4.69, 9.17) is 13.3 Å². The fourth-order valence-corrected chi connectivity index (χ4v) is 5.49. The van der Waals surface area contributed by atoms with Crippen molar-refractivity contribution in [2.75, 3.05) is 14.2 Å². The van der Waals surface area contributed by atoms with Crippen LogP contribution in [0.1, 0.15) is 52.4 Å². The minimum atomic E-state index is -2.43. The van der Waals surface area contributed by atoms with Crippen LogP contribution in [0.2, 0.25) is 5.54 Å². The Morgan fingerprint density at radius 2 is 1.69 bits per heavy atom. The standard InChI is InChI=1S/C12H26O3Si/c1-5-11(2)15-16(13-3,14-4)12-9-7-6-8-10-12/h11-12H,5-10H2,1-4H3. The molecule has 16 heavy (non-hydrogen) atoms. The van der Waals surface area contributed by atoms with Gasteiger partial charge in [0.15, 0.2) is 0 Å². The summed E-state index contributed by atoms with van der Waals surface area (Å²) in [6.07, 6.45) is 7.56. The van der Waals surface area contributed by atoms with Crippen LogP contribution in [0.3, 0.4) is 0 Å². The first-order valence-corrected chi connectivity index (χ1v) is 8.26. The Balaban J connectivity index is 2.68. The van der Waals surface area contributed by atoms with E-state index >= 15 is 0 Å². The number of hydrogen-bond donors (Lipinski definition) is 0. The molecular formula is C12H26O3Si. The topological polar surface area (TPSA) is 27.7 Å². The van der Waals surface area contributed by atoms with Gasteiger partial charge in [-0.15, -0.1) is 0 Å². The molecule has 0 aliphatic heterocycles. The van der Waals surface area contributed by atoms with Crippen molar-refractivity contribution in [1.82, 2.24) is 0 Å². The lowest BCUT2D eigenvalue weighted by atomic mass is 10.0. The molecule has 0 aromatic carbocycles. The van der Waals surface area contributed by atoms with Crippen LogP contribution in [-0.4, -0.2) is 29.1 Å². The summed E-state index contributed by atoms with van der Waals surface area (Å²) in [4.78, 5) is 0. The first-order chi connectivity index (χ1) is 7.68. The van der Waals surface area contributed by atoms with Gasteiger partial charge in [-0.05, 0) is 26.2 Å². The molecule has 0 saturated heterocycles. The first kappa shape index (κ1) is 14.2. The van der Waals surface area contributed by atoms with Gasteiger partial charge in [-0.25, -0.2) is 0 Å². The minimum absolute atomic E-state index is 0.230. The molecule has 0 heterocycles. The van der Waals surface area contributed by atoms with Crippen molar-refractivity contribution in [3.05, 3.63) is 0 Å². The van der Waals surface area contributed by atoms with Crippen LogP contribution in [0.5, 0.6) is 0 Å². The van der Waals surface area contributed by atoms with Crippen molar-refractivity contribution in [2.24, 2.45) is 0 Å². The molecule has 0 bridgehead atoms. The SMILES string of the molecule is CCC(C)O[Si](OC)(OC)C1CCCCC1. The predicted octanol–water partition coefficient (Wildman–Crippen LogP) is 3.37. The molecule has 1 fully saturated rings. The van der Waals surface area contributed by atoms with Crippen LogP contribution in [0.25, 0.3) is 0 Å². The Bertz CT molecular complexity index is 189. The second kappa shape index (κ2) is 6.74. The van der Waals surface area contributed by atoms with Gasteiger partial charge in [-0.2, -0.15) is 0 Å². The fraction of sp³-hybridized carbons (Fsp3) is 1.00. The summed E-state index contributed by atoms with van der Waals surface area (Å²) >= 11 is 0. The Hall–Kier alpha value is 0.0969. The molecule has 0 aromatic heterocycles. The van der Waals surface area contributed by atoms with E-state index in [2.05, 4.69) is 13.8 Å². The third-order valence-electron chi connectivity index (χ3n) is 3.61. The largest absolute Gasteiger partial charge is 0.503 e. The van der Waals surface area contributed by atoms with E-state index in [1.54, 1.807) is 14.2 Å². The highest BCUT2D eigenvalue weighted by Gasteiger charge is 2.48. The van der Waals surface area contributed by atoms with Crippen LogP contribution in [0.4, 0.5) is 0 Å². The summed E-state index contributed by atoms with van der Waals surface area (Å²) < 4.78 is 17.5. The average molecular weight is 246 g/mol. The van der Waals surface area contributed by atoms with Crippen molar-refractivity contribution in [2.45, 2.75) is 64.0 Å². The highest BCUT2D eigenvalue weighted by Crippen LogP contribution is 2.38. The molecule has 0 radical (unpaired) electrons. The average Bonchev–Trinajstić information content (AvgIpc) is 2.37. The maximum Gasteiger partial charge on any atom is 0.503 e. The highest BCUT2D eigenvalue weighted by molar-refractivity contribution is 6.62.